The van der Waals surface area contributed by atoms with Gasteiger partial charge in [-0.25, -0.2) is 4.98 Å². The molecule has 0 bridgehead atoms. The molecule has 0 aliphatic rings. The highest BCUT2D eigenvalue weighted by Gasteiger charge is 2.19. The Kier molecular flexibility index (Phi) is 6.91. The fourth-order valence-corrected chi connectivity index (χ4v) is 3.44. The first kappa shape index (κ1) is 20.5. The minimum Gasteiger partial charge on any atom is -0.496 e. The highest BCUT2D eigenvalue weighted by Crippen LogP contribution is 2.23. The molecule has 0 aliphatic heterocycles. The van der Waals surface area contributed by atoms with Crippen LogP contribution in [0.4, 0.5) is 0 Å². The molecule has 0 fully saturated rings. The molecule has 2 heterocycles. The zero-order valence-electron chi connectivity index (χ0n) is 16.1. The number of nitrogens with one attached hydrogen (secondary N) is 1. The standard InChI is InChI=1S/C21H21N3O4S/c1-14(20(26)23-12-15-6-3-4-8-18(15)27-2)28-19(25)10-17-13-29-21(24-17)16-7-5-9-22-11-16/h3-9,11,13-14H,10,12H2,1-2H3,(H,23,26)/t14-/m1/s1. The van der Waals surface area contributed by atoms with Crippen molar-refractivity contribution in [3.05, 3.63) is 65.4 Å². The highest BCUT2D eigenvalue weighted by atomic mass is 32.1. The van der Waals surface area contributed by atoms with E-state index in [0.29, 0.717) is 11.4 Å². The Bertz CT molecular complexity index is 975. The number of carbonyl (C=O) groups excluding carboxylic acids is 2. The first-order valence-corrected chi connectivity index (χ1v) is 9.88. The second kappa shape index (κ2) is 9.79. The number of pyridine rings is 1. The third-order valence-electron chi connectivity index (χ3n) is 4.11. The van der Waals surface area contributed by atoms with Crippen LogP contribution in [-0.4, -0.2) is 35.1 Å². The summed E-state index contributed by atoms with van der Waals surface area (Å²) in [7, 11) is 1.57. The predicted molar refractivity (Wildman–Crippen MR) is 109 cm³/mol. The van der Waals surface area contributed by atoms with Crippen molar-refractivity contribution >= 4 is 23.2 Å². The van der Waals surface area contributed by atoms with E-state index >= 15 is 0 Å². The summed E-state index contributed by atoms with van der Waals surface area (Å²) in [6.07, 6.45) is 2.50. The van der Waals surface area contributed by atoms with Crippen LogP contribution in [0, 0.1) is 0 Å². The lowest BCUT2D eigenvalue weighted by molar-refractivity contribution is -0.154. The van der Waals surface area contributed by atoms with Gasteiger partial charge < -0.3 is 14.8 Å². The number of thiazole rings is 1. The van der Waals surface area contributed by atoms with Crippen LogP contribution in [0.5, 0.6) is 5.75 Å². The van der Waals surface area contributed by atoms with Gasteiger partial charge in [0.25, 0.3) is 5.91 Å². The number of hydrogen-bond donors (Lipinski definition) is 1. The second-order valence-corrected chi connectivity index (χ2v) is 7.08. The van der Waals surface area contributed by atoms with Gasteiger partial charge in [-0.15, -0.1) is 11.3 Å². The number of hydrogen-bond acceptors (Lipinski definition) is 7. The van der Waals surface area contributed by atoms with Crippen LogP contribution in [0.2, 0.25) is 0 Å². The Balaban J connectivity index is 1.50. The average Bonchev–Trinajstić information content (AvgIpc) is 3.21. The van der Waals surface area contributed by atoms with E-state index in [0.717, 1.165) is 16.1 Å². The summed E-state index contributed by atoms with van der Waals surface area (Å²) in [4.78, 5) is 32.9. The summed E-state index contributed by atoms with van der Waals surface area (Å²) in [6, 6.07) is 11.1. The summed E-state index contributed by atoms with van der Waals surface area (Å²) < 4.78 is 10.5. The zero-order chi connectivity index (χ0) is 20.6. The fourth-order valence-electron chi connectivity index (χ4n) is 2.63. The molecule has 7 nitrogen and oxygen atoms in total. The molecule has 1 N–H and O–H groups in total. The molecular weight excluding hydrogens is 390 g/mol. The van der Waals surface area contributed by atoms with Crippen LogP contribution in [0.3, 0.4) is 0 Å². The third kappa shape index (κ3) is 5.61. The molecule has 3 aromatic rings. The number of methoxy groups -OCH3 is 1. The van der Waals surface area contributed by atoms with E-state index in [1.807, 2.05) is 36.4 Å². The quantitative estimate of drug-likeness (QED) is 0.573. The fraction of sp³-hybridized carbons (Fsp3) is 0.238. The molecule has 8 heteroatoms. The van der Waals surface area contributed by atoms with Gasteiger partial charge in [0.1, 0.15) is 10.8 Å². The smallest absolute Gasteiger partial charge is 0.312 e. The van der Waals surface area contributed by atoms with Crippen molar-refractivity contribution < 1.29 is 19.1 Å². The Morgan fingerprint density at radius 1 is 1.21 bits per heavy atom. The summed E-state index contributed by atoms with van der Waals surface area (Å²) in [5.74, 6) is -0.197. The molecule has 1 atom stereocenters. The molecule has 0 saturated heterocycles. The zero-order valence-corrected chi connectivity index (χ0v) is 16.9. The van der Waals surface area contributed by atoms with Gasteiger partial charge in [0.15, 0.2) is 6.10 Å². The number of nitrogens with zero attached hydrogens (tertiary/aromatic N) is 2. The van der Waals surface area contributed by atoms with E-state index in [4.69, 9.17) is 9.47 Å². The van der Waals surface area contributed by atoms with Gasteiger partial charge >= 0.3 is 5.97 Å². The van der Waals surface area contributed by atoms with E-state index in [2.05, 4.69) is 15.3 Å². The molecule has 0 spiro atoms. The number of carbonyl (C=O) groups is 2. The van der Waals surface area contributed by atoms with E-state index < -0.39 is 12.1 Å². The van der Waals surface area contributed by atoms with Crippen molar-refractivity contribution in [2.75, 3.05) is 7.11 Å². The van der Waals surface area contributed by atoms with Crippen LogP contribution in [-0.2, 0) is 27.3 Å². The van der Waals surface area contributed by atoms with Crippen molar-refractivity contribution in [3.8, 4) is 16.3 Å². The van der Waals surface area contributed by atoms with E-state index in [9.17, 15) is 9.59 Å². The van der Waals surface area contributed by atoms with Gasteiger partial charge in [-0.1, -0.05) is 18.2 Å². The van der Waals surface area contributed by atoms with Gasteiger partial charge in [0.2, 0.25) is 0 Å². The Hall–Kier alpha value is -3.26. The van der Waals surface area contributed by atoms with Crippen molar-refractivity contribution in [1.29, 1.82) is 0 Å². The third-order valence-corrected chi connectivity index (χ3v) is 5.05. The van der Waals surface area contributed by atoms with Crippen molar-refractivity contribution in [2.45, 2.75) is 26.0 Å². The van der Waals surface area contributed by atoms with Crippen LogP contribution in [0.15, 0.2) is 54.2 Å². The summed E-state index contributed by atoms with van der Waals surface area (Å²) in [5, 5.41) is 5.33. The van der Waals surface area contributed by atoms with Gasteiger partial charge in [-0.2, -0.15) is 0 Å². The Morgan fingerprint density at radius 2 is 2.03 bits per heavy atom. The maximum absolute atomic E-state index is 12.2. The van der Waals surface area contributed by atoms with Crippen LogP contribution >= 0.6 is 11.3 Å². The van der Waals surface area contributed by atoms with Crippen LogP contribution in [0.1, 0.15) is 18.2 Å². The molecule has 0 radical (unpaired) electrons. The monoisotopic (exact) mass is 411 g/mol. The topological polar surface area (TPSA) is 90.4 Å². The number of amides is 1. The minimum atomic E-state index is -0.909. The number of ether oxygens (including phenoxy) is 2. The molecular formula is C21H21N3O4S. The SMILES string of the molecule is COc1ccccc1CNC(=O)[C@@H](C)OC(=O)Cc1csc(-c2cccnc2)n1. The number of rotatable bonds is 8. The van der Waals surface area contributed by atoms with Gasteiger partial charge in [-0.05, 0) is 25.1 Å². The molecule has 2 aromatic heterocycles. The van der Waals surface area contributed by atoms with Gasteiger partial charge in [0.05, 0.1) is 19.2 Å². The molecule has 29 heavy (non-hydrogen) atoms. The summed E-state index contributed by atoms with van der Waals surface area (Å²) >= 11 is 1.43. The van der Waals surface area contributed by atoms with Crippen LogP contribution in [0.25, 0.3) is 10.6 Å². The number of para-hydroxylation sites is 1. The average molecular weight is 411 g/mol. The number of esters is 1. The largest absolute Gasteiger partial charge is 0.496 e. The van der Waals surface area contributed by atoms with E-state index in [-0.39, 0.29) is 18.9 Å². The molecule has 1 amide bonds. The van der Waals surface area contributed by atoms with Crippen LogP contribution < -0.4 is 10.1 Å². The number of benzene rings is 1. The molecule has 150 valence electrons. The summed E-state index contributed by atoms with van der Waals surface area (Å²) in [6.45, 7) is 1.82. The lowest BCUT2D eigenvalue weighted by Crippen LogP contribution is -2.35. The molecule has 3 rings (SSSR count). The predicted octanol–water partition coefficient (Wildman–Crippen LogP) is 3.00. The van der Waals surface area contributed by atoms with Crippen molar-refractivity contribution in [2.24, 2.45) is 0 Å². The normalized spacial score (nSPS) is 11.5. The highest BCUT2D eigenvalue weighted by molar-refractivity contribution is 7.13. The first-order valence-electron chi connectivity index (χ1n) is 9.00. The van der Waals surface area contributed by atoms with Crippen molar-refractivity contribution in [3.63, 3.8) is 0 Å². The number of aromatic nitrogens is 2. The second-order valence-electron chi connectivity index (χ2n) is 6.22. The van der Waals surface area contributed by atoms with Gasteiger partial charge in [-0.3, -0.25) is 14.6 Å². The Labute approximate surface area is 172 Å². The lowest BCUT2D eigenvalue weighted by atomic mass is 10.2. The summed E-state index contributed by atoms with van der Waals surface area (Å²) in [5.41, 5.74) is 2.33. The molecule has 1 aromatic carbocycles. The lowest BCUT2D eigenvalue weighted by Gasteiger charge is -2.14. The van der Waals surface area contributed by atoms with Gasteiger partial charge in [0, 0.05) is 35.4 Å². The van der Waals surface area contributed by atoms with Crippen molar-refractivity contribution in [1.82, 2.24) is 15.3 Å². The maximum Gasteiger partial charge on any atom is 0.312 e. The maximum atomic E-state index is 12.2. The van der Waals surface area contributed by atoms with E-state index in [1.54, 1.807) is 24.9 Å². The van der Waals surface area contributed by atoms with E-state index in [1.165, 1.54) is 18.3 Å². The minimum absolute atomic E-state index is 0.000883. The molecule has 0 aliphatic carbocycles. The molecule has 0 saturated carbocycles. The molecule has 0 unspecified atom stereocenters. The Morgan fingerprint density at radius 3 is 2.79 bits per heavy atom. The first-order chi connectivity index (χ1) is 14.1.